The fraction of sp³-hybridized carbons (Fsp3) is 0.308. The maximum absolute atomic E-state index is 11.7. The van der Waals surface area contributed by atoms with Crippen molar-refractivity contribution < 1.29 is 4.79 Å². The zero-order valence-electron chi connectivity index (χ0n) is 10.3. The summed E-state index contributed by atoms with van der Waals surface area (Å²) in [6.45, 7) is 0.356. The lowest BCUT2D eigenvalue weighted by Gasteiger charge is -2.02. The third-order valence-electron chi connectivity index (χ3n) is 2.86. The lowest BCUT2D eigenvalue weighted by Crippen LogP contribution is -2.29. The van der Waals surface area contributed by atoms with E-state index in [0.717, 1.165) is 11.3 Å². The van der Waals surface area contributed by atoms with E-state index >= 15 is 0 Å². The molecule has 0 radical (unpaired) electrons. The largest absolute Gasteiger partial charge is 0.306 e. The fourth-order valence-electron chi connectivity index (χ4n) is 1.67. The Kier molecular flexibility index (Phi) is 3.52. The predicted molar refractivity (Wildman–Crippen MR) is 75.0 cm³/mol. The van der Waals surface area contributed by atoms with Crippen molar-refractivity contribution in [2.24, 2.45) is 0 Å². The number of rotatable bonds is 5. The monoisotopic (exact) mass is 274 g/mol. The highest BCUT2D eigenvalue weighted by Crippen LogP contribution is 2.24. The van der Waals surface area contributed by atoms with Crippen molar-refractivity contribution in [1.29, 1.82) is 0 Å². The second kappa shape index (κ2) is 5.46. The highest BCUT2D eigenvalue weighted by Gasteiger charge is 2.21. The van der Waals surface area contributed by atoms with Gasteiger partial charge in [-0.15, -0.1) is 11.3 Å². The quantitative estimate of drug-likeness (QED) is 0.874. The van der Waals surface area contributed by atoms with Crippen molar-refractivity contribution in [3.05, 3.63) is 29.9 Å². The summed E-state index contributed by atoms with van der Waals surface area (Å²) >= 11 is 1.43. The van der Waals surface area contributed by atoms with Gasteiger partial charge < -0.3 is 10.6 Å². The van der Waals surface area contributed by atoms with Gasteiger partial charge in [-0.1, -0.05) is 0 Å². The molecule has 0 spiro atoms. The van der Waals surface area contributed by atoms with E-state index < -0.39 is 0 Å². The number of pyridine rings is 1. The summed E-state index contributed by atoms with van der Waals surface area (Å²) in [5.74, 6) is -0.0393. The molecule has 0 aromatic carbocycles. The van der Waals surface area contributed by atoms with Crippen LogP contribution in [-0.4, -0.2) is 28.5 Å². The number of thiazole rings is 1. The van der Waals surface area contributed by atoms with E-state index in [0.29, 0.717) is 17.7 Å². The maximum Gasteiger partial charge on any atom is 0.240 e. The molecule has 1 amide bonds. The zero-order valence-corrected chi connectivity index (χ0v) is 11.1. The van der Waals surface area contributed by atoms with E-state index in [1.54, 1.807) is 12.4 Å². The number of aromatic nitrogens is 2. The summed E-state index contributed by atoms with van der Waals surface area (Å²) in [5, 5.41) is 8.54. The first-order chi connectivity index (χ1) is 9.31. The Balaban J connectivity index is 1.59. The van der Waals surface area contributed by atoms with Gasteiger partial charge in [-0.25, -0.2) is 4.98 Å². The van der Waals surface area contributed by atoms with Gasteiger partial charge in [0.05, 0.1) is 12.2 Å². The van der Waals surface area contributed by atoms with Crippen LogP contribution in [0, 0.1) is 0 Å². The standard InChI is InChI=1S/C13H14N4OS/c18-12(7-15-10-1-2-10)17-13-16-11(8-19-13)9-3-5-14-6-4-9/h3-6,8,10,15H,1-2,7H2,(H,16,17,18). The summed E-state index contributed by atoms with van der Waals surface area (Å²) in [5.41, 5.74) is 1.86. The molecule has 1 aliphatic rings. The van der Waals surface area contributed by atoms with Crippen LogP contribution in [0.15, 0.2) is 29.9 Å². The molecule has 0 saturated heterocycles. The van der Waals surface area contributed by atoms with E-state index in [-0.39, 0.29) is 5.91 Å². The number of nitrogens with zero attached hydrogens (tertiary/aromatic N) is 2. The highest BCUT2D eigenvalue weighted by molar-refractivity contribution is 7.14. The van der Waals surface area contributed by atoms with Crippen LogP contribution in [0.5, 0.6) is 0 Å². The smallest absolute Gasteiger partial charge is 0.240 e. The summed E-state index contributed by atoms with van der Waals surface area (Å²) < 4.78 is 0. The van der Waals surface area contributed by atoms with E-state index in [2.05, 4.69) is 20.6 Å². The molecule has 0 unspecified atom stereocenters. The molecule has 0 aliphatic heterocycles. The molecule has 1 fully saturated rings. The zero-order chi connectivity index (χ0) is 13.1. The first-order valence-electron chi connectivity index (χ1n) is 6.20. The fourth-order valence-corrected chi connectivity index (χ4v) is 2.41. The number of anilines is 1. The minimum Gasteiger partial charge on any atom is -0.306 e. The van der Waals surface area contributed by atoms with Crippen LogP contribution in [-0.2, 0) is 4.79 Å². The molecule has 2 aromatic heterocycles. The predicted octanol–water partition coefficient (Wildman–Crippen LogP) is 1.90. The second-order valence-electron chi connectivity index (χ2n) is 4.48. The van der Waals surface area contributed by atoms with E-state index in [1.807, 2.05) is 17.5 Å². The van der Waals surface area contributed by atoms with Crippen molar-refractivity contribution in [2.75, 3.05) is 11.9 Å². The SMILES string of the molecule is O=C(CNC1CC1)Nc1nc(-c2ccncc2)cs1. The normalized spacial score (nSPS) is 14.3. The van der Waals surface area contributed by atoms with Crippen molar-refractivity contribution in [3.8, 4) is 11.3 Å². The number of amides is 1. The number of hydrogen-bond donors (Lipinski definition) is 2. The molecular formula is C13H14N4OS. The first kappa shape index (κ1) is 12.3. The molecule has 2 heterocycles. The van der Waals surface area contributed by atoms with Crippen LogP contribution in [0.2, 0.25) is 0 Å². The van der Waals surface area contributed by atoms with Crippen molar-refractivity contribution >= 4 is 22.4 Å². The molecular weight excluding hydrogens is 260 g/mol. The molecule has 1 aliphatic carbocycles. The van der Waals surface area contributed by atoms with Gasteiger partial charge in [0.25, 0.3) is 0 Å². The molecule has 2 aromatic rings. The summed E-state index contributed by atoms with van der Waals surface area (Å²) in [4.78, 5) is 20.0. The van der Waals surface area contributed by atoms with Gasteiger partial charge in [0, 0.05) is 29.4 Å². The topological polar surface area (TPSA) is 66.9 Å². The third-order valence-corrected chi connectivity index (χ3v) is 3.61. The Labute approximate surface area is 115 Å². The first-order valence-corrected chi connectivity index (χ1v) is 7.08. The number of carbonyl (C=O) groups is 1. The molecule has 0 bridgehead atoms. The van der Waals surface area contributed by atoms with Crippen molar-refractivity contribution in [2.45, 2.75) is 18.9 Å². The lowest BCUT2D eigenvalue weighted by atomic mass is 10.2. The van der Waals surface area contributed by atoms with Crippen LogP contribution in [0.4, 0.5) is 5.13 Å². The summed E-state index contributed by atoms with van der Waals surface area (Å²) in [7, 11) is 0. The second-order valence-corrected chi connectivity index (χ2v) is 5.34. The molecule has 98 valence electrons. The van der Waals surface area contributed by atoms with Gasteiger partial charge in [0.1, 0.15) is 0 Å². The third kappa shape index (κ3) is 3.36. The Hall–Kier alpha value is -1.79. The Bertz CT molecular complexity index is 565. The molecule has 2 N–H and O–H groups in total. The van der Waals surface area contributed by atoms with Crippen molar-refractivity contribution in [3.63, 3.8) is 0 Å². The summed E-state index contributed by atoms with van der Waals surface area (Å²) in [6.07, 6.45) is 5.81. The van der Waals surface area contributed by atoms with E-state index in [1.165, 1.54) is 24.2 Å². The van der Waals surface area contributed by atoms with Gasteiger partial charge in [0.2, 0.25) is 5.91 Å². The van der Waals surface area contributed by atoms with Gasteiger partial charge in [-0.3, -0.25) is 9.78 Å². The van der Waals surface area contributed by atoms with Gasteiger partial charge in [-0.05, 0) is 25.0 Å². The van der Waals surface area contributed by atoms with Crippen LogP contribution in [0.1, 0.15) is 12.8 Å². The van der Waals surface area contributed by atoms with Gasteiger partial charge >= 0.3 is 0 Å². The number of hydrogen-bond acceptors (Lipinski definition) is 5. The average Bonchev–Trinajstić information content (AvgIpc) is 3.16. The number of nitrogens with one attached hydrogen (secondary N) is 2. The van der Waals surface area contributed by atoms with Crippen LogP contribution >= 0.6 is 11.3 Å². The molecule has 6 heteroatoms. The van der Waals surface area contributed by atoms with Gasteiger partial charge in [0.15, 0.2) is 5.13 Å². The lowest BCUT2D eigenvalue weighted by molar-refractivity contribution is -0.115. The minimum atomic E-state index is -0.0393. The average molecular weight is 274 g/mol. The van der Waals surface area contributed by atoms with Crippen LogP contribution < -0.4 is 10.6 Å². The molecule has 1 saturated carbocycles. The number of carbonyl (C=O) groups excluding carboxylic acids is 1. The maximum atomic E-state index is 11.7. The van der Waals surface area contributed by atoms with E-state index in [4.69, 9.17) is 0 Å². The van der Waals surface area contributed by atoms with Crippen LogP contribution in [0.3, 0.4) is 0 Å². The molecule has 19 heavy (non-hydrogen) atoms. The van der Waals surface area contributed by atoms with Crippen LogP contribution in [0.25, 0.3) is 11.3 Å². The van der Waals surface area contributed by atoms with Gasteiger partial charge in [-0.2, -0.15) is 0 Å². The highest BCUT2D eigenvalue weighted by atomic mass is 32.1. The Morgan fingerprint density at radius 3 is 2.89 bits per heavy atom. The van der Waals surface area contributed by atoms with Crippen molar-refractivity contribution in [1.82, 2.24) is 15.3 Å². The minimum absolute atomic E-state index is 0.0393. The molecule has 5 nitrogen and oxygen atoms in total. The Morgan fingerprint density at radius 1 is 1.37 bits per heavy atom. The molecule has 3 rings (SSSR count). The molecule has 0 atom stereocenters. The summed E-state index contributed by atoms with van der Waals surface area (Å²) in [6, 6.07) is 4.33. The Morgan fingerprint density at radius 2 is 2.16 bits per heavy atom. The van der Waals surface area contributed by atoms with E-state index in [9.17, 15) is 4.79 Å².